The lowest BCUT2D eigenvalue weighted by molar-refractivity contribution is -0.777. The van der Waals surface area contributed by atoms with Crippen LogP contribution in [0.5, 0.6) is 0 Å². The number of ether oxygens (including phenoxy) is 1. The SMILES string of the molecule is CC12CCC(C(OC(=O)C(F)(F)SOO[O-])C1=O)C2(C)C. The summed E-state index contributed by atoms with van der Waals surface area (Å²) >= 11 is -0.763. The van der Waals surface area contributed by atoms with Crippen molar-refractivity contribution in [2.24, 2.45) is 16.7 Å². The van der Waals surface area contributed by atoms with Crippen molar-refractivity contribution in [2.75, 3.05) is 0 Å². The van der Waals surface area contributed by atoms with E-state index in [-0.39, 0.29) is 11.7 Å². The molecule has 2 saturated carbocycles. The average Bonchev–Trinajstić information content (AvgIpc) is 2.70. The fraction of sp³-hybridized carbons (Fsp3) is 0.833. The second-order valence-corrected chi connectivity index (χ2v) is 6.94. The van der Waals surface area contributed by atoms with E-state index in [1.807, 2.05) is 13.8 Å². The summed E-state index contributed by atoms with van der Waals surface area (Å²) < 4.78 is 34.9. The first-order valence-electron chi connectivity index (χ1n) is 6.35. The van der Waals surface area contributed by atoms with E-state index in [1.165, 1.54) is 0 Å². The summed E-state index contributed by atoms with van der Waals surface area (Å²) in [5, 5.41) is 8.19. The monoisotopic (exact) mass is 325 g/mol. The molecule has 2 aliphatic carbocycles. The number of hydrogen-bond acceptors (Lipinski definition) is 7. The molecule has 21 heavy (non-hydrogen) atoms. The molecule has 0 spiro atoms. The zero-order chi connectivity index (χ0) is 16.1. The summed E-state index contributed by atoms with van der Waals surface area (Å²) in [6, 6.07) is 0. The van der Waals surface area contributed by atoms with Crippen molar-refractivity contribution in [1.29, 1.82) is 0 Å². The number of carbonyl (C=O) groups excluding carboxylic acids is 2. The smallest absolute Gasteiger partial charge is 0.415 e. The van der Waals surface area contributed by atoms with Crippen LogP contribution in [-0.2, 0) is 23.7 Å². The van der Waals surface area contributed by atoms with Crippen LogP contribution < -0.4 is 5.26 Å². The first kappa shape index (κ1) is 16.6. The van der Waals surface area contributed by atoms with E-state index in [4.69, 9.17) is 4.74 Å². The van der Waals surface area contributed by atoms with Crippen molar-refractivity contribution < 1.29 is 37.7 Å². The van der Waals surface area contributed by atoms with Crippen molar-refractivity contribution in [3.63, 3.8) is 0 Å². The minimum absolute atomic E-state index is 0.295. The number of carbonyl (C=O) groups is 2. The molecule has 120 valence electrons. The maximum Gasteiger partial charge on any atom is 0.415 e. The van der Waals surface area contributed by atoms with Crippen molar-refractivity contribution >= 4 is 23.8 Å². The molecule has 0 amide bonds. The van der Waals surface area contributed by atoms with Crippen LogP contribution in [0.2, 0.25) is 0 Å². The highest BCUT2D eigenvalue weighted by Gasteiger charge is 2.68. The second kappa shape index (κ2) is 5.15. The molecule has 0 N–H and O–H groups in total. The highest BCUT2D eigenvalue weighted by Crippen LogP contribution is 2.64. The van der Waals surface area contributed by atoms with E-state index < -0.39 is 40.2 Å². The van der Waals surface area contributed by atoms with Gasteiger partial charge in [-0.2, -0.15) is 13.1 Å². The van der Waals surface area contributed by atoms with Crippen molar-refractivity contribution in [3.05, 3.63) is 0 Å². The van der Waals surface area contributed by atoms with E-state index in [9.17, 15) is 23.6 Å². The normalized spacial score (nSPS) is 34.3. The average molecular weight is 325 g/mol. The van der Waals surface area contributed by atoms with Crippen LogP contribution in [-0.4, -0.2) is 23.1 Å². The van der Waals surface area contributed by atoms with Crippen LogP contribution in [0, 0.1) is 16.7 Å². The second-order valence-electron chi connectivity index (χ2n) is 6.13. The number of fused-ring (bicyclic) bond motifs is 2. The third-order valence-corrected chi connectivity index (χ3v) is 5.61. The molecule has 3 unspecified atom stereocenters. The molecule has 9 heteroatoms. The zero-order valence-electron chi connectivity index (χ0n) is 11.7. The van der Waals surface area contributed by atoms with E-state index in [0.717, 1.165) is 0 Å². The zero-order valence-corrected chi connectivity index (χ0v) is 12.5. The predicted octanol–water partition coefficient (Wildman–Crippen LogP) is 1.39. The summed E-state index contributed by atoms with van der Waals surface area (Å²) in [5.74, 6) is -2.55. The number of alkyl halides is 2. The van der Waals surface area contributed by atoms with Crippen LogP contribution >= 0.6 is 12.0 Å². The highest BCUT2D eigenvalue weighted by atomic mass is 32.2. The van der Waals surface area contributed by atoms with Gasteiger partial charge in [0.25, 0.3) is 0 Å². The highest BCUT2D eigenvalue weighted by molar-refractivity contribution is 7.96. The lowest BCUT2D eigenvalue weighted by Gasteiger charge is -2.31. The molecule has 2 fully saturated rings. The number of halogens is 2. The topological polar surface area (TPSA) is 84.9 Å². The molecule has 0 aromatic carbocycles. The maximum atomic E-state index is 13.3. The van der Waals surface area contributed by atoms with Gasteiger partial charge in [0, 0.05) is 11.3 Å². The Morgan fingerprint density at radius 3 is 2.52 bits per heavy atom. The van der Waals surface area contributed by atoms with Gasteiger partial charge in [0.15, 0.2) is 11.9 Å². The number of esters is 1. The predicted molar refractivity (Wildman–Crippen MR) is 64.2 cm³/mol. The Hall–Kier alpha value is -0.770. The van der Waals surface area contributed by atoms with Crippen LogP contribution in [0.15, 0.2) is 0 Å². The van der Waals surface area contributed by atoms with Gasteiger partial charge in [-0.15, -0.1) is 0 Å². The quantitative estimate of drug-likeness (QED) is 0.327. The lowest BCUT2D eigenvalue weighted by atomic mass is 9.70. The van der Waals surface area contributed by atoms with Crippen molar-refractivity contribution in [1.82, 2.24) is 0 Å². The fourth-order valence-corrected chi connectivity index (χ4v) is 3.64. The molecular weight excluding hydrogens is 310 g/mol. The van der Waals surface area contributed by atoms with Gasteiger partial charge >= 0.3 is 11.2 Å². The third kappa shape index (κ3) is 2.36. The minimum atomic E-state index is -4.13. The third-order valence-electron chi connectivity index (χ3n) is 5.11. The van der Waals surface area contributed by atoms with Gasteiger partial charge in [-0.1, -0.05) is 20.8 Å². The van der Waals surface area contributed by atoms with Crippen molar-refractivity contribution in [2.45, 2.75) is 45.0 Å². The summed E-state index contributed by atoms with van der Waals surface area (Å²) in [7, 11) is 0. The largest absolute Gasteiger partial charge is 0.691 e. The summed E-state index contributed by atoms with van der Waals surface area (Å²) in [6.07, 6.45) is 0.0907. The van der Waals surface area contributed by atoms with E-state index in [0.29, 0.717) is 12.8 Å². The first-order valence-corrected chi connectivity index (χ1v) is 7.09. The van der Waals surface area contributed by atoms with E-state index >= 15 is 0 Å². The molecule has 0 aromatic heterocycles. The molecule has 0 aromatic rings. The maximum absolute atomic E-state index is 13.3. The number of ketones is 1. The molecular formula is C12H15F2O6S-. The first-order chi connectivity index (χ1) is 9.58. The minimum Gasteiger partial charge on any atom is -0.691 e. The molecule has 3 atom stereocenters. The summed E-state index contributed by atoms with van der Waals surface area (Å²) in [4.78, 5) is 23.8. The standard InChI is InChI=1S/C12H16F2O6S/c1-10(2)6-4-5-11(10,3)8(15)7(6)18-9(16)12(13,14)21-20-19-17/h6-7,17H,4-5H2,1-3H3/p-1. The van der Waals surface area contributed by atoms with Gasteiger partial charge in [0.1, 0.15) is 12.0 Å². The fourth-order valence-electron chi connectivity index (χ4n) is 3.41. The van der Waals surface area contributed by atoms with Gasteiger partial charge in [-0.3, -0.25) is 9.83 Å². The van der Waals surface area contributed by atoms with Crippen LogP contribution in [0.3, 0.4) is 0 Å². The van der Waals surface area contributed by atoms with E-state index in [1.54, 1.807) is 6.92 Å². The Bertz CT molecular complexity index is 469. The molecule has 2 rings (SSSR count). The van der Waals surface area contributed by atoms with Gasteiger partial charge in [0.05, 0.1) is 0 Å². The Morgan fingerprint density at radius 1 is 1.43 bits per heavy atom. The number of hydrogen-bond donors (Lipinski definition) is 0. The van der Waals surface area contributed by atoms with Crippen molar-refractivity contribution in [3.8, 4) is 0 Å². The number of rotatable bonds is 5. The molecule has 2 bridgehead atoms. The van der Waals surface area contributed by atoms with E-state index in [2.05, 4.69) is 9.37 Å². The summed E-state index contributed by atoms with van der Waals surface area (Å²) in [5.41, 5.74) is -1.11. The molecule has 2 aliphatic rings. The number of Topliss-reactive ketones (excluding diaryl/α,β-unsaturated/α-hetero) is 1. The van der Waals surface area contributed by atoms with Crippen LogP contribution in [0.25, 0.3) is 0 Å². The molecule has 0 heterocycles. The molecule has 0 radical (unpaired) electrons. The Balaban J connectivity index is 2.11. The van der Waals surface area contributed by atoms with Crippen LogP contribution in [0.4, 0.5) is 8.78 Å². The lowest BCUT2D eigenvalue weighted by Crippen LogP contribution is -2.40. The van der Waals surface area contributed by atoms with Gasteiger partial charge < -0.3 is 9.99 Å². The van der Waals surface area contributed by atoms with Gasteiger partial charge in [0.2, 0.25) is 0 Å². The Kier molecular flexibility index (Phi) is 4.07. The summed E-state index contributed by atoms with van der Waals surface area (Å²) in [6.45, 7) is 5.51. The molecule has 0 aliphatic heterocycles. The Labute approximate surface area is 124 Å². The van der Waals surface area contributed by atoms with Crippen LogP contribution in [0.1, 0.15) is 33.6 Å². The Morgan fingerprint density at radius 2 is 2.05 bits per heavy atom. The van der Waals surface area contributed by atoms with Gasteiger partial charge in [-0.25, -0.2) is 4.79 Å². The molecule has 0 saturated heterocycles. The van der Waals surface area contributed by atoms with Gasteiger partial charge in [-0.05, 0) is 18.3 Å². The molecule has 6 nitrogen and oxygen atoms in total.